The summed E-state index contributed by atoms with van der Waals surface area (Å²) >= 11 is 0. The highest BCUT2D eigenvalue weighted by Crippen LogP contribution is 2.09. The van der Waals surface area contributed by atoms with Crippen molar-refractivity contribution in [1.82, 2.24) is 0 Å². The maximum absolute atomic E-state index is 11.7. The fourth-order valence-electron chi connectivity index (χ4n) is 5.20. The monoisotopic (exact) mass is 827 g/mol. The molecule has 0 fully saturated rings. The van der Waals surface area contributed by atoms with Crippen LogP contribution in [0.5, 0.6) is 0 Å². The molecule has 0 radical (unpaired) electrons. The third kappa shape index (κ3) is 53.0. The second-order valence-corrected chi connectivity index (χ2v) is 13.6. The van der Waals surface area contributed by atoms with Gasteiger partial charge in [0.15, 0.2) is 0 Å². The Morgan fingerprint density at radius 1 is 0.246 bits per heavy atom. The topological polar surface area (TPSA) is 137 Å². The van der Waals surface area contributed by atoms with Gasteiger partial charge in [-0.2, -0.15) is 0 Å². The van der Waals surface area contributed by atoms with Crippen molar-refractivity contribution in [1.29, 1.82) is 0 Å². The van der Waals surface area contributed by atoms with E-state index in [-0.39, 0.29) is 12.6 Å². The molecule has 0 bridgehead atoms. The van der Waals surface area contributed by atoms with Crippen molar-refractivity contribution in [3.63, 3.8) is 0 Å². The van der Waals surface area contributed by atoms with Crippen LogP contribution in [-0.4, -0.2) is 171 Å². The van der Waals surface area contributed by atoms with Crippen LogP contribution in [0.4, 0.5) is 0 Å². The largest absolute Gasteiger partial charge is 0.463 e. The summed E-state index contributed by atoms with van der Waals surface area (Å²) in [4.78, 5) is 11.7. The highest BCUT2D eigenvalue weighted by atomic mass is 16.6. The summed E-state index contributed by atoms with van der Waals surface area (Å²) in [6.07, 6.45) is 17.9. The van der Waals surface area contributed by atoms with Gasteiger partial charge < -0.3 is 61.6 Å². The van der Waals surface area contributed by atoms with E-state index in [2.05, 4.69) is 13.8 Å². The summed E-state index contributed by atoms with van der Waals surface area (Å²) in [7, 11) is 0. The fourth-order valence-corrected chi connectivity index (χ4v) is 5.20. The van der Waals surface area contributed by atoms with Crippen LogP contribution >= 0.6 is 0 Å². The molecule has 0 aromatic rings. The third-order valence-corrected chi connectivity index (χ3v) is 8.46. The fraction of sp³-hybridized carbons (Fsp3) is 0.977. The lowest BCUT2D eigenvalue weighted by molar-refractivity contribution is -0.145. The molecule has 0 rings (SSSR count). The first-order valence-corrected chi connectivity index (χ1v) is 22.4. The molecule has 57 heavy (non-hydrogen) atoms. The molecular formula is C43H86O14. The molecule has 14 heteroatoms. The number of ether oxygens (including phenoxy) is 13. The molecule has 0 atom stereocenters. The van der Waals surface area contributed by atoms with Crippen molar-refractivity contribution in [3.8, 4) is 0 Å². The van der Waals surface area contributed by atoms with Crippen LogP contribution in [0.2, 0.25) is 0 Å². The van der Waals surface area contributed by atoms with Gasteiger partial charge in [-0.15, -0.1) is 0 Å². The van der Waals surface area contributed by atoms with Gasteiger partial charge in [-0.05, 0) is 12.8 Å². The highest BCUT2D eigenvalue weighted by molar-refractivity contribution is 5.69. The quantitative estimate of drug-likeness (QED) is 0.0480. The van der Waals surface area contributed by atoms with E-state index in [1.54, 1.807) is 0 Å². The van der Waals surface area contributed by atoms with Gasteiger partial charge in [-0.1, -0.05) is 90.9 Å². The third-order valence-electron chi connectivity index (χ3n) is 8.46. The molecule has 0 aromatic carbocycles. The highest BCUT2D eigenvalue weighted by Gasteiger charge is 2.03. The van der Waals surface area contributed by atoms with Crippen LogP contribution in [0.15, 0.2) is 0 Å². The minimum absolute atomic E-state index is 0.143. The summed E-state index contributed by atoms with van der Waals surface area (Å²) in [5.41, 5.74) is 0. The van der Waals surface area contributed by atoms with E-state index in [1.807, 2.05) is 0 Å². The van der Waals surface area contributed by atoms with Crippen molar-refractivity contribution in [2.75, 3.05) is 165 Å². The van der Waals surface area contributed by atoms with E-state index < -0.39 is 0 Å². The summed E-state index contributed by atoms with van der Waals surface area (Å²) in [6.45, 7) is 17.4. The van der Waals surface area contributed by atoms with Crippen molar-refractivity contribution in [2.45, 2.75) is 110 Å². The van der Waals surface area contributed by atoms with Crippen molar-refractivity contribution >= 4 is 5.97 Å². The molecule has 0 unspecified atom stereocenters. The smallest absolute Gasteiger partial charge is 0.305 e. The van der Waals surface area contributed by atoms with Crippen LogP contribution in [0, 0.1) is 0 Å². The van der Waals surface area contributed by atoms with Gasteiger partial charge in [-0.3, -0.25) is 4.79 Å². The van der Waals surface area contributed by atoms with E-state index in [0.29, 0.717) is 158 Å². The molecule has 0 aliphatic heterocycles. The molecule has 342 valence electrons. The van der Waals surface area contributed by atoms with Crippen LogP contribution in [0.3, 0.4) is 0 Å². The molecule has 0 saturated heterocycles. The van der Waals surface area contributed by atoms with Gasteiger partial charge >= 0.3 is 5.97 Å². The summed E-state index contributed by atoms with van der Waals surface area (Å²) in [5.74, 6) is -0.143. The zero-order chi connectivity index (χ0) is 41.1. The number of hydrogen-bond acceptors (Lipinski definition) is 14. The standard InChI is InChI=1S/C43H86O14/c1-3-5-7-9-11-12-14-16-18-45-19-20-46-21-22-47-23-24-48-25-26-49-27-28-50-29-30-51-31-32-52-33-34-53-35-36-54-37-38-55-39-40-56-41-42-57-43(44)17-15-13-10-8-6-4-2/h3-42H2,1-2H3. The second-order valence-electron chi connectivity index (χ2n) is 13.6. The van der Waals surface area contributed by atoms with Crippen LogP contribution in [0.1, 0.15) is 110 Å². The maximum atomic E-state index is 11.7. The Morgan fingerprint density at radius 3 is 0.737 bits per heavy atom. The van der Waals surface area contributed by atoms with Crippen LogP contribution in [0.25, 0.3) is 0 Å². The Balaban J connectivity index is 3.09. The first kappa shape index (κ1) is 56.0. The maximum Gasteiger partial charge on any atom is 0.305 e. The molecule has 14 nitrogen and oxygen atoms in total. The van der Waals surface area contributed by atoms with E-state index in [1.165, 1.54) is 70.6 Å². The molecule has 0 saturated carbocycles. The van der Waals surface area contributed by atoms with Crippen LogP contribution < -0.4 is 0 Å². The Morgan fingerprint density at radius 2 is 0.456 bits per heavy atom. The SMILES string of the molecule is CCCCCCCCCCOCCOCCOCCOCCOCCOCCOCCOCCOCCOCCOCCOCCOC(=O)CCCCCCCC. The van der Waals surface area contributed by atoms with Gasteiger partial charge in [0.25, 0.3) is 0 Å². The molecule has 0 N–H and O–H groups in total. The Kier molecular flexibility index (Phi) is 52.1. The van der Waals surface area contributed by atoms with Gasteiger partial charge in [0, 0.05) is 13.0 Å². The Hall–Kier alpha value is -1.01. The van der Waals surface area contributed by atoms with Gasteiger partial charge in [0.05, 0.1) is 152 Å². The number of rotatable bonds is 52. The summed E-state index contributed by atoms with van der Waals surface area (Å²) < 4.78 is 71.3. The molecule has 0 amide bonds. The lowest BCUT2D eigenvalue weighted by atomic mass is 10.1. The van der Waals surface area contributed by atoms with E-state index in [4.69, 9.17) is 61.6 Å². The molecule has 0 aromatic heterocycles. The number of carbonyl (C=O) groups is 1. The molecule has 0 aliphatic carbocycles. The summed E-state index contributed by atoms with van der Waals surface area (Å²) in [5, 5.41) is 0. The molecular weight excluding hydrogens is 740 g/mol. The zero-order valence-electron chi connectivity index (χ0n) is 36.5. The lowest BCUT2D eigenvalue weighted by Gasteiger charge is -2.09. The normalized spacial score (nSPS) is 11.5. The minimum Gasteiger partial charge on any atom is -0.463 e. The number of unbranched alkanes of at least 4 members (excludes halogenated alkanes) is 12. The van der Waals surface area contributed by atoms with Crippen LogP contribution in [-0.2, 0) is 66.4 Å². The van der Waals surface area contributed by atoms with E-state index >= 15 is 0 Å². The average molecular weight is 827 g/mol. The van der Waals surface area contributed by atoms with E-state index in [9.17, 15) is 4.79 Å². The number of hydrogen-bond donors (Lipinski definition) is 0. The molecule has 0 heterocycles. The Bertz CT molecular complexity index is 736. The van der Waals surface area contributed by atoms with Crippen molar-refractivity contribution in [3.05, 3.63) is 0 Å². The van der Waals surface area contributed by atoms with Crippen molar-refractivity contribution < 1.29 is 66.4 Å². The average Bonchev–Trinajstić information content (AvgIpc) is 3.22. The lowest BCUT2D eigenvalue weighted by Crippen LogP contribution is -2.15. The van der Waals surface area contributed by atoms with Gasteiger partial charge in [0.2, 0.25) is 0 Å². The predicted molar refractivity (Wildman–Crippen MR) is 221 cm³/mol. The zero-order valence-corrected chi connectivity index (χ0v) is 36.5. The van der Waals surface area contributed by atoms with Gasteiger partial charge in [0.1, 0.15) is 6.61 Å². The second kappa shape index (κ2) is 53.0. The van der Waals surface area contributed by atoms with E-state index in [0.717, 1.165) is 25.9 Å². The minimum atomic E-state index is -0.143. The molecule has 0 aliphatic rings. The van der Waals surface area contributed by atoms with Gasteiger partial charge in [-0.25, -0.2) is 0 Å². The van der Waals surface area contributed by atoms with Crippen molar-refractivity contribution in [2.24, 2.45) is 0 Å². The first-order chi connectivity index (χ1) is 28.3. The summed E-state index contributed by atoms with van der Waals surface area (Å²) in [6, 6.07) is 0. The number of esters is 1. The first-order valence-electron chi connectivity index (χ1n) is 22.4. The number of carbonyl (C=O) groups excluding carboxylic acids is 1. The molecule has 0 spiro atoms. The predicted octanol–water partition coefficient (Wildman–Crippen LogP) is 6.62. The Labute approximate surface area is 347 Å².